The molecule has 0 spiro atoms. The highest BCUT2D eigenvalue weighted by molar-refractivity contribution is 6.55. The largest absolute Gasteiger partial charge is 0.491 e. The highest BCUT2D eigenvalue weighted by Crippen LogP contribution is 2.38. The molecule has 1 heterocycles. The molecule has 3 nitrogen and oxygen atoms in total. The first-order valence-corrected chi connectivity index (χ1v) is 7.74. The normalized spacial score (nSPS) is 20.2. The number of hydrogen-bond donors (Lipinski definition) is 1. The summed E-state index contributed by atoms with van der Waals surface area (Å²) in [6.45, 7) is 9.95. The first-order valence-electron chi connectivity index (χ1n) is 7.74. The van der Waals surface area contributed by atoms with Gasteiger partial charge in [0.1, 0.15) is 11.6 Å². The van der Waals surface area contributed by atoms with Gasteiger partial charge in [-0.05, 0) is 58.8 Å². The number of aryl methyl sites for hydroxylation is 1. The molecule has 23 heavy (non-hydrogen) atoms. The average molecular weight is 323 g/mol. The van der Waals surface area contributed by atoms with Crippen LogP contribution in [0.4, 0.5) is 8.78 Å². The third kappa shape index (κ3) is 3.65. The number of halogens is 2. The summed E-state index contributed by atoms with van der Waals surface area (Å²) >= 11 is 0. The summed E-state index contributed by atoms with van der Waals surface area (Å²) in [7, 11) is 1.22. The van der Waals surface area contributed by atoms with Crippen LogP contribution in [0.15, 0.2) is 17.6 Å². The fraction of sp³-hybridized carbons (Fsp3) is 0.529. The van der Waals surface area contributed by atoms with Crippen LogP contribution in [-0.4, -0.2) is 31.9 Å². The van der Waals surface area contributed by atoms with Crippen molar-refractivity contribution >= 4 is 13.2 Å². The van der Waals surface area contributed by atoms with Crippen molar-refractivity contribution < 1.29 is 18.1 Å². The minimum Gasteiger partial charge on any atom is -0.400 e. The van der Waals surface area contributed by atoms with Crippen molar-refractivity contribution in [1.82, 2.24) is 5.32 Å². The van der Waals surface area contributed by atoms with Gasteiger partial charge in [0, 0.05) is 18.2 Å². The molecule has 2 rings (SSSR count). The maximum atomic E-state index is 14.0. The lowest BCUT2D eigenvalue weighted by Crippen LogP contribution is -2.41. The molecule has 1 N–H and O–H groups in total. The van der Waals surface area contributed by atoms with Crippen molar-refractivity contribution in [2.75, 3.05) is 13.6 Å². The summed E-state index contributed by atoms with van der Waals surface area (Å²) in [6, 6.07) is 2.40. The predicted molar refractivity (Wildman–Crippen MR) is 89.1 cm³/mol. The molecule has 1 saturated heterocycles. The lowest BCUT2D eigenvalue weighted by Gasteiger charge is -2.32. The lowest BCUT2D eigenvalue weighted by atomic mass is 9.77. The summed E-state index contributed by atoms with van der Waals surface area (Å²) in [5.41, 5.74) is 0.541. The third-order valence-corrected chi connectivity index (χ3v) is 4.56. The van der Waals surface area contributed by atoms with E-state index in [9.17, 15) is 8.78 Å². The Morgan fingerprint density at radius 2 is 1.70 bits per heavy atom. The van der Waals surface area contributed by atoms with Crippen LogP contribution in [-0.2, 0) is 9.31 Å². The summed E-state index contributed by atoms with van der Waals surface area (Å²) in [4.78, 5) is 0. The van der Waals surface area contributed by atoms with Gasteiger partial charge in [0.2, 0.25) is 0 Å². The van der Waals surface area contributed by atoms with Crippen LogP contribution in [0.3, 0.4) is 0 Å². The Bertz CT molecular complexity index is 613. The highest BCUT2D eigenvalue weighted by Gasteiger charge is 2.52. The second-order valence-corrected chi connectivity index (χ2v) is 6.96. The molecule has 1 aromatic rings. The van der Waals surface area contributed by atoms with Crippen LogP contribution in [0.5, 0.6) is 0 Å². The second kappa shape index (κ2) is 6.34. The zero-order valence-corrected chi connectivity index (χ0v) is 14.6. The van der Waals surface area contributed by atoms with Gasteiger partial charge in [0.15, 0.2) is 0 Å². The standard InChI is InChI=1S/C17H24BF2NO2/c1-11-7-12(15(20)9-14(11)19)8-13(10-21-6)18-22-16(2,3)17(4,5)23-18/h7-9,21H,10H2,1-6H3. The van der Waals surface area contributed by atoms with Crippen LogP contribution in [0.1, 0.15) is 38.8 Å². The summed E-state index contributed by atoms with van der Waals surface area (Å²) < 4.78 is 39.5. The molecule has 6 heteroatoms. The smallest absolute Gasteiger partial charge is 0.400 e. The van der Waals surface area contributed by atoms with E-state index in [-0.39, 0.29) is 0 Å². The second-order valence-electron chi connectivity index (χ2n) is 6.96. The van der Waals surface area contributed by atoms with Gasteiger partial charge in [0.25, 0.3) is 0 Å². The monoisotopic (exact) mass is 323 g/mol. The Balaban J connectivity index is 2.38. The number of benzene rings is 1. The third-order valence-electron chi connectivity index (χ3n) is 4.56. The molecule has 0 aliphatic carbocycles. The van der Waals surface area contributed by atoms with Gasteiger partial charge in [-0.3, -0.25) is 0 Å². The molecule has 126 valence electrons. The molecule has 0 unspecified atom stereocenters. The maximum Gasteiger partial charge on any atom is 0.491 e. The van der Waals surface area contributed by atoms with Crippen LogP contribution in [0.25, 0.3) is 6.08 Å². The molecule has 0 radical (unpaired) electrons. The van der Waals surface area contributed by atoms with Crippen molar-refractivity contribution in [3.63, 3.8) is 0 Å². The van der Waals surface area contributed by atoms with Crippen LogP contribution >= 0.6 is 0 Å². The van der Waals surface area contributed by atoms with E-state index in [1.54, 1.807) is 20.0 Å². The minimum absolute atomic E-state index is 0.323. The van der Waals surface area contributed by atoms with Gasteiger partial charge in [-0.1, -0.05) is 6.08 Å². The van der Waals surface area contributed by atoms with Crippen molar-refractivity contribution in [2.45, 2.75) is 45.8 Å². The van der Waals surface area contributed by atoms with Crippen molar-refractivity contribution in [2.24, 2.45) is 0 Å². The van der Waals surface area contributed by atoms with E-state index in [1.807, 2.05) is 27.7 Å². The lowest BCUT2D eigenvalue weighted by molar-refractivity contribution is 0.00578. The molecule has 0 aromatic heterocycles. The quantitative estimate of drug-likeness (QED) is 0.860. The molecule has 1 aliphatic heterocycles. The summed E-state index contributed by atoms with van der Waals surface area (Å²) in [6.07, 6.45) is 1.67. The van der Waals surface area contributed by atoms with Crippen LogP contribution < -0.4 is 5.32 Å². The van der Waals surface area contributed by atoms with E-state index in [4.69, 9.17) is 9.31 Å². The maximum absolute atomic E-state index is 14.0. The number of likely N-dealkylation sites (N-methyl/N-ethyl adjacent to an activating group) is 1. The summed E-state index contributed by atoms with van der Waals surface area (Å²) in [5.74, 6) is -1.15. The molecule has 0 bridgehead atoms. The van der Waals surface area contributed by atoms with Crippen LogP contribution in [0.2, 0.25) is 0 Å². The van der Waals surface area contributed by atoms with Gasteiger partial charge < -0.3 is 14.6 Å². The predicted octanol–water partition coefficient (Wildman–Crippen LogP) is 3.51. The van der Waals surface area contributed by atoms with Crippen molar-refractivity contribution in [1.29, 1.82) is 0 Å². The fourth-order valence-corrected chi connectivity index (χ4v) is 2.39. The van der Waals surface area contributed by atoms with Gasteiger partial charge in [-0.2, -0.15) is 0 Å². The van der Waals surface area contributed by atoms with Crippen molar-refractivity contribution in [3.8, 4) is 0 Å². The number of rotatable bonds is 4. The Hall–Kier alpha value is -1.24. The van der Waals surface area contributed by atoms with Gasteiger partial charge >= 0.3 is 7.12 Å². The van der Waals surface area contributed by atoms with Gasteiger partial charge in [0.05, 0.1) is 11.2 Å². The summed E-state index contributed by atoms with van der Waals surface area (Å²) in [5, 5.41) is 3.04. The Morgan fingerprint density at radius 3 is 2.22 bits per heavy atom. The zero-order valence-electron chi connectivity index (χ0n) is 14.6. The molecule has 0 saturated carbocycles. The zero-order chi connectivity index (χ0) is 17.4. The number of nitrogens with one attached hydrogen (secondary N) is 1. The van der Waals surface area contributed by atoms with Crippen LogP contribution in [0, 0.1) is 18.6 Å². The molecule has 0 atom stereocenters. The highest BCUT2D eigenvalue weighted by atomic mass is 19.1. The molecule has 1 aliphatic rings. The van der Waals surface area contributed by atoms with E-state index in [0.717, 1.165) is 11.5 Å². The Labute approximate surface area is 137 Å². The first kappa shape index (κ1) is 18.1. The van der Waals surface area contributed by atoms with E-state index in [2.05, 4.69) is 5.32 Å². The van der Waals surface area contributed by atoms with E-state index in [0.29, 0.717) is 17.7 Å². The van der Waals surface area contributed by atoms with E-state index >= 15 is 0 Å². The minimum atomic E-state index is -0.599. The first-order chi connectivity index (χ1) is 10.6. The van der Waals surface area contributed by atoms with Gasteiger partial charge in [-0.25, -0.2) is 8.78 Å². The van der Waals surface area contributed by atoms with Gasteiger partial charge in [-0.15, -0.1) is 0 Å². The van der Waals surface area contributed by atoms with E-state index < -0.39 is 30.0 Å². The molecule has 0 amide bonds. The molecule has 1 aromatic carbocycles. The average Bonchev–Trinajstić information content (AvgIpc) is 2.64. The fourth-order valence-electron chi connectivity index (χ4n) is 2.39. The van der Waals surface area contributed by atoms with E-state index in [1.165, 1.54) is 6.07 Å². The Kier molecular flexibility index (Phi) is 4.99. The molecular formula is C17H24BF2NO2. The molecular weight excluding hydrogens is 299 g/mol. The Morgan fingerprint density at radius 1 is 1.13 bits per heavy atom. The SMILES string of the molecule is CNCC(=Cc1cc(C)c(F)cc1F)B1OC(C)(C)C(C)(C)O1. The number of hydrogen-bond acceptors (Lipinski definition) is 3. The topological polar surface area (TPSA) is 30.5 Å². The molecule has 1 fully saturated rings. The van der Waals surface area contributed by atoms with Crippen molar-refractivity contribution in [3.05, 3.63) is 40.4 Å².